The quantitative estimate of drug-likeness (QED) is 0.233. The van der Waals surface area contributed by atoms with Gasteiger partial charge in [0, 0.05) is 12.0 Å². The van der Waals surface area contributed by atoms with Gasteiger partial charge in [-0.1, -0.05) is 42.0 Å². The average molecular weight is 499 g/mol. The molecule has 0 fully saturated rings. The number of aromatic hydroxyl groups is 2. The molecule has 2 N–H and O–H groups in total. The van der Waals surface area contributed by atoms with E-state index < -0.39 is 35.1 Å². The average Bonchev–Trinajstić information content (AvgIpc) is 2.86. The highest BCUT2D eigenvalue weighted by atomic mass is 16.5. The van der Waals surface area contributed by atoms with Crippen molar-refractivity contribution in [3.8, 4) is 23.0 Å². The van der Waals surface area contributed by atoms with Crippen molar-refractivity contribution in [1.29, 1.82) is 0 Å². The number of ether oxygens (including phenoxy) is 2. The second kappa shape index (κ2) is 11.0. The van der Waals surface area contributed by atoms with Gasteiger partial charge in [-0.05, 0) is 61.9 Å². The molecule has 0 heterocycles. The summed E-state index contributed by atoms with van der Waals surface area (Å²) in [5.74, 6) is -1.55. The summed E-state index contributed by atoms with van der Waals surface area (Å²) < 4.78 is 11.5. The number of ketones is 2. The van der Waals surface area contributed by atoms with E-state index in [4.69, 9.17) is 9.47 Å². The second-order valence-corrected chi connectivity index (χ2v) is 8.88. The zero-order valence-electron chi connectivity index (χ0n) is 20.4. The lowest BCUT2D eigenvalue weighted by Gasteiger charge is -2.23. The summed E-state index contributed by atoms with van der Waals surface area (Å²) in [5.41, 5.74) is 0.948. The molecular weight excluding hydrogens is 472 g/mol. The largest absolute Gasteiger partial charge is 0.507 e. The normalized spacial score (nSPS) is 13.3. The number of para-hydroxylation sites is 1. The maximum Gasteiger partial charge on any atom is 0.310 e. The van der Waals surface area contributed by atoms with Crippen molar-refractivity contribution in [2.75, 3.05) is 0 Å². The van der Waals surface area contributed by atoms with E-state index in [2.05, 4.69) is 0 Å². The Kier molecular flexibility index (Phi) is 7.53. The first kappa shape index (κ1) is 25.4. The number of fused-ring (bicyclic) bond motifs is 1. The highest BCUT2D eigenvalue weighted by Crippen LogP contribution is 2.36. The molecule has 0 bridgehead atoms. The van der Waals surface area contributed by atoms with Gasteiger partial charge in [-0.2, -0.15) is 0 Å². The monoisotopic (exact) mass is 498 g/mol. The highest BCUT2D eigenvalue weighted by molar-refractivity contribution is 6.27. The standard InChI is InChI=1S/C30H26O7/c1-18(2)11-14-26(22-17-25(33)28-23(31)12-13-24(32)29(28)30(22)35)37-27(34)16-19-7-6-10-21(15-19)36-20-8-4-3-5-9-20/h3-13,15,17,26,31-32H,14,16H2,1-2H3/t26-/m1/s1. The van der Waals surface area contributed by atoms with E-state index in [9.17, 15) is 24.6 Å². The minimum absolute atomic E-state index is 0.0644. The van der Waals surface area contributed by atoms with E-state index in [1.807, 2.05) is 44.2 Å². The molecule has 4 rings (SSSR count). The topological polar surface area (TPSA) is 110 Å². The van der Waals surface area contributed by atoms with Crippen LogP contribution in [-0.4, -0.2) is 33.9 Å². The number of Topliss-reactive ketones (excluding diaryl/α,β-unsaturated/α-hetero) is 1. The Morgan fingerprint density at radius 1 is 0.892 bits per heavy atom. The van der Waals surface area contributed by atoms with Crippen LogP contribution in [0.15, 0.2) is 90.0 Å². The molecule has 0 saturated carbocycles. The number of hydrogen-bond donors (Lipinski definition) is 2. The smallest absolute Gasteiger partial charge is 0.310 e. The summed E-state index contributed by atoms with van der Waals surface area (Å²) in [6, 6.07) is 18.5. The van der Waals surface area contributed by atoms with Gasteiger partial charge in [0.2, 0.25) is 0 Å². The van der Waals surface area contributed by atoms with Gasteiger partial charge in [0.25, 0.3) is 0 Å². The predicted octanol–water partition coefficient (Wildman–Crippen LogP) is 5.71. The zero-order valence-corrected chi connectivity index (χ0v) is 20.4. The third-order valence-corrected chi connectivity index (χ3v) is 5.77. The summed E-state index contributed by atoms with van der Waals surface area (Å²) in [6.45, 7) is 3.72. The van der Waals surface area contributed by atoms with Crippen LogP contribution in [0.5, 0.6) is 23.0 Å². The van der Waals surface area contributed by atoms with Crippen molar-refractivity contribution >= 4 is 17.5 Å². The molecular formula is C30H26O7. The molecule has 1 aliphatic rings. The zero-order chi connectivity index (χ0) is 26.5. The maximum absolute atomic E-state index is 13.3. The van der Waals surface area contributed by atoms with Crippen molar-refractivity contribution in [3.05, 3.63) is 107 Å². The van der Waals surface area contributed by atoms with Gasteiger partial charge in [0.1, 0.15) is 29.1 Å². The summed E-state index contributed by atoms with van der Waals surface area (Å²) in [7, 11) is 0. The molecule has 0 saturated heterocycles. The number of carbonyl (C=O) groups is 3. The van der Waals surface area contributed by atoms with Gasteiger partial charge in [-0.3, -0.25) is 14.4 Å². The Hall–Kier alpha value is -4.65. The van der Waals surface area contributed by atoms with Gasteiger partial charge < -0.3 is 19.7 Å². The molecule has 3 aromatic rings. The Balaban J connectivity index is 1.55. The van der Waals surface area contributed by atoms with E-state index in [0.717, 1.165) is 23.8 Å². The van der Waals surface area contributed by atoms with E-state index >= 15 is 0 Å². The molecule has 0 aliphatic heterocycles. The van der Waals surface area contributed by atoms with E-state index in [-0.39, 0.29) is 29.5 Å². The third-order valence-electron chi connectivity index (χ3n) is 5.77. The number of esters is 1. The highest BCUT2D eigenvalue weighted by Gasteiger charge is 2.35. The summed E-state index contributed by atoms with van der Waals surface area (Å²) in [6.07, 6.45) is 1.87. The van der Waals surface area contributed by atoms with Gasteiger partial charge >= 0.3 is 5.97 Å². The molecule has 3 aromatic carbocycles. The van der Waals surface area contributed by atoms with E-state index in [0.29, 0.717) is 17.1 Å². The van der Waals surface area contributed by atoms with Crippen LogP contribution in [0.25, 0.3) is 0 Å². The number of benzene rings is 3. The fourth-order valence-corrected chi connectivity index (χ4v) is 4.01. The SMILES string of the molecule is CC(C)=CC[C@@H](OC(=O)Cc1cccc(Oc2ccccc2)c1)C1=CC(=O)c2c(O)ccc(O)c2C1=O. The molecule has 1 aliphatic carbocycles. The first-order valence-corrected chi connectivity index (χ1v) is 11.7. The minimum atomic E-state index is -1.06. The molecule has 0 spiro atoms. The number of allylic oxidation sites excluding steroid dienone is 2. The van der Waals surface area contributed by atoms with Gasteiger partial charge in [0.15, 0.2) is 11.6 Å². The fraction of sp³-hybridized carbons (Fsp3) is 0.167. The van der Waals surface area contributed by atoms with Crippen molar-refractivity contribution in [3.63, 3.8) is 0 Å². The molecule has 0 unspecified atom stereocenters. The Morgan fingerprint density at radius 2 is 1.57 bits per heavy atom. The molecule has 37 heavy (non-hydrogen) atoms. The van der Waals surface area contributed by atoms with Gasteiger partial charge in [-0.15, -0.1) is 0 Å². The van der Waals surface area contributed by atoms with Crippen molar-refractivity contribution < 1.29 is 34.1 Å². The van der Waals surface area contributed by atoms with Crippen LogP contribution in [-0.2, 0) is 16.0 Å². The number of phenols is 2. The lowest BCUT2D eigenvalue weighted by atomic mass is 9.85. The molecule has 0 radical (unpaired) electrons. The Bertz CT molecular complexity index is 1410. The van der Waals surface area contributed by atoms with E-state index in [1.165, 1.54) is 0 Å². The minimum Gasteiger partial charge on any atom is -0.507 e. The molecule has 188 valence electrons. The summed E-state index contributed by atoms with van der Waals surface area (Å²) in [4.78, 5) is 38.9. The number of carbonyl (C=O) groups excluding carboxylic acids is 3. The van der Waals surface area contributed by atoms with Crippen LogP contribution in [0.3, 0.4) is 0 Å². The lowest BCUT2D eigenvalue weighted by molar-refractivity contribution is -0.146. The van der Waals surface area contributed by atoms with E-state index in [1.54, 1.807) is 30.3 Å². The molecule has 0 aromatic heterocycles. The number of rotatable bonds is 8. The van der Waals surface area contributed by atoms with Crippen LogP contribution in [0.1, 0.15) is 46.5 Å². The first-order valence-electron chi connectivity index (χ1n) is 11.7. The van der Waals surface area contributed by atoms with Crippen LogP contribution in [0.2, 0.25) is 0 Å². The van der Waals surface area contributed by atoms with Crippen LogP contribution < -0.4 is 4.74 Å². The molecule has 1 atom stereocenters. The van der Waals surface area contributed by atoms with Crippen LogP contribution >= 0.6 is 0 Å². The summed E-state index contributed by atoms with van der Waals surface area (Å²) in [5, 5.41) is 20.3. The van der Waals surface area contributed by atoms with Crippen LogP contribution in [0.4, 0.5) is 0 Å². The van der Waals surface area contributed by atoms with Crippen molar-refractivity contribution in [1.82, 2.24) is 0 Å². The number of hydrogen-bond acceptors (Lipinski definition) is 7. The van der Waals surface area contributed by atoms with Gasteiger partial charge in [-0.25, -0.2) is 0 Å². The molecule has 7 nitrogen and oxygen atoms in total. The molecule has 0 amide bonds. The second-order valence-electron chi connectivity index (χ2n) is 8.88. The fourth-order valence-electron chi connectivity index (χ4n) is 4.01. The Labute approximate surface area is 214 Å². The predicted molar refractivity (Wildman–Crippen MR) is 137 cm³/mol. The summed E-state index contributed by atoms with van der Waals surface area (Å²) >= 11 is 0. The Morgan fingerprint density at radius 3 is 2.27 bits per heavy atom. The van der Waals surface area contributed by atoms with Crippen LogP contribution in [0, 0.1) is 0 Å². The molecule has 7 heteroatoms. The van der Waals surface area contributed by atoms with Gasteiger partial charge in [0.05, 0.1) is 17.5 Å². The number of phenolic OH excluding ortho intramolecular Hbond substituents is 2. The third kappa shape index (κ3) is 5.95. The van der Waals surface area contributed by atoms with Crippen molar-refractivity contribution in [2.24, 2.45) is 0 Å². The lowest BCUT2D eigenvalue weighted by Crippen LogP contribution is -2.29. The first-order chi connectivity index (χ1) is 17.7. The maximum atomic E-state index is 13.3. The van der Waals surface area contributed by atoms with Crippen molar-refractivity contribution in [2.45, 2.75) is 32.8 Å².